The van der Waals surface area contributed by atoms with E-state index in [0.717, 1.165) is 5.56 Å². The second-order valence-electron chi connectivity index (χ2n) is 5.59. The molecule has 120 valence electrons. The van der Waals surface area contributed by atoms with Gasteiger partial charge in [-0.25, -0.2) is 9.97 Å². The summed E-state index contributed by atoms with van der Waals surface area (Å²) in [4.78, 5) is 32.8. The third-order valence-corrected chi connectivity index (χ3v) is 3.95. The number of hydrogen-bond acceptors (Lipinski definition) is 4. The molecule has 2 aromatic carbocycles. The molecule has 5 nitrogen and oxygen atoms in total. The van der Waals surface area contributed by atoms with Crippen LogP contribution >= 0.6 is 0 Å². The smallest absolute Gasteiger partial charge is 0.258 e. The zero-order chi connectivity index (χ0) is 17.2. The van der Waals surface area contributed by atoms with Crippen LogP contribution in [0.5, 0.6) is 0 Å². The van der Waals surface area contributed by atoms with E-state index < -0.39 is 5.91 Å². The highest BCUT2D eigenvalue weighted by atomic mass is 16.2. The van der Waals surface area contributed by atoms with Crippen molar-refractivity contribution in [2.24, 2.45) is 0 Å². The molecular formula is C20H13N3O2. The van der Waals surface area contributed by atoms with Crippen LogP contribution in [0.25, 0.3) is 23.0 Å². The fourth-order valence-electron chi connectivity index (χ4n) is 2.73. The lowest BCUT2D eigenvalue weighted by Crippen LogP contribution is -2.36. The van der Waals surface area contributed by atoms with Gasteiger partial charge in [-0.15, -0.1) is 0 Å². The Labute approximate surface area is 144 Å². The van der Waals surface area contributed by atoms with E-state index in [1.54, 1.807) is 42.7 Å². The molecule has 0 fully saturated rings. The molecule has 1 aliphatic rings. The lowest BCUT2D eigenvalue weighted by molar-refractivity contribution is -0.114. The summed E-state index contributed by atoms with van der Waals surface area (Å²) in [5, 5.41) is 2.36. The topological polar surface area (TPSA) is 72.0 Å². The lowest BCUT2D eigenvalue weighted by atomic mass is 9.94. The SMILES string of the molecule is O=C1NC(=O)c2ccccc2C1=Cc1cnc(-c2ccccc2)nc1. The average Bonchev–Trinajstić information content (AvgIpc) is 2.66. The molecule has 0 radical (unpaired) electrons. The zero-order valence-electron chi connectivity index (χ0n) is 13.1. The first-order valence-corrected chi connectivity index (χ1v) is 7.76. The van der Waals surface area contributed by atoms with Gasteiger partial charge in [-0.2, -0.15) is 0 Å². The number of imide groups is 1. The van der Waals surface area contributed by atoms with E-state index >= 15 is 0 Å². The highest BCUT2D eigenvalue weighted by Gasteiger charge is 2.26. The number of fused-ring (bicyclic) bond motifs is 1. The van der Waals surface area contributed by atoms with Crippen LogP contribution < -0.4 is 5.32 Å². The molecule has 0 spiro atoms. The van der Waals surface area contributed by atoms with E-state index in [4.69, 9.17) is 0 Å². The van der Waals surface area contributed by atoms with Crippen LogP contribution in [-0.4, -0.2) is 21.8 Å². The number of benzene rings is 2. The zero-order valence-corrected chi connectivity index (χ0v) is 13.1. The van der Waals surface area contributed by atoms with Crippen molar-refractivity contribution in [2.75, 3.05) is 0 Å². The van der Waals surface area contributed by atoms with Crippen LogP contribution in [0.2, 0.25) is 0 Å². The van der Waals surface area contributed by atoms with Gasteiger partial charge in [-0.3, -0.25) is 14.9 Å². The molecule has 2 amide bonds. The molecule has 0 aliphatic carbocycles. The summed E-state index contributed by atoms with van der Waals surface area (Å²) in [6, 6.07) is 16.7. The summed E-state index contributed by atoms with van der Waals surface area (Å²) in [6.07, 6.45) is 5.01. The molecule has 2 heterocycles. The Morgan fingerprint density at radius 2 is 1.40 bits per heavy atom. The van der Waals surface area contributed by atoms with Gasteiger partial charge < -0.3 is 0 Å². The number of amides is 2. The molecule has 4 rings (SSSR count). The first-order valence-electron chi connectivity index (χ1n) is 7.76. The van der Waals surface area contributed by atoms with Crippen molar-refractivity contribution in [3.8, 4) is 11.4 Å². The van der Waals surface area contributed by atoms with Gasteiger partial charge in [0.1, 0.15) is 0 Å². The van der Waals surface area contributed by atoms with Gasteiger partial charge in [-0.05, 0) is 17.7 Å². The van der Waals surface area contributed by atoms with Crippen molar-refractivity contribution >= 4 is 23.5 Å². The fourth-order valence-corrected chi connectivity index (χ4v) is 2.73. The lowest BCUT2D eigenvalue weighted by Gasteiger charge is -2.17. The molecule has 0 unspecified atom stereocenters. The van der Waals surface area contributed by atoms with E-state index in [1.807, 2.05) is 30.3 Å². The summed E-state index contributed by atoms with van der Waals surface area (Å²) < 4.78 is 0. The molecule has 0 saturated carbocycles. The Morgan fingerprint density at radius 1 is 0.760 bits per heavy atom. The van der Waals surface area contributed by atoms with Crippen molar-refractivity contribution in [3.63, 3.8) is 0 Å². The van der Waals surface area contributed by atoms with Crippen LogP contribution in [0.1, 0.15) is 21.5 Å². The maximum atomic E-state index is 12.2. The van der Waals surface area contributed by atoms with Crippen LogP contribution in [-0.2, 0) is 4.79 Å². The summed E-state index contributed by atoms with van der Waals surface area (Å²) in [5.41, 5.74) is 3.13. The number of nitrogens with zero attached hydrogens (tertiary/aromatic N) is 2. The molecule has 1 N–H and O–H groups in total. The number of nitrogens with one attached hydrogen (secondary N) is 1. The van der Waals surface area contributed by atoms with Gasteiger partial charge in [0.05, 0.1) is 0 Å². The number of rotatable bonds is 2. The summed E-state index contributed by atoms with van der Waals surface area (Å²) in [5.74, 6) is -0.185. The first-order chi connectivity index (χ1) is 12.2. The Kier molecular flexibility index (Phi) is 3.67. The highest BCUT2D eigenvalue weighted by Crippen LogP contribution is 2.26. The molecule has 1 aliphatic heterocycles. The second kappa shape index (κ2) is 6.13. The average molecular weight is 327 g/mol. The maximum Gasteiger partial charge on any atom is 0.258 e. The van der Waals surface area contributed by atoms with Gasteiger partial charge in [0, 0.05) is 34.7 Å². The summed E-state index contributed by atoms with van der Waals surface area (Å²) in [6.45, 7) is 0. The largest absolute Gasteiger partial charge is 0.288 e. The summed E-state index contributed by atoms with van der Waals surface area (Å²) in [7, 11) is 0. The minimum absolute atomic E-state index is 0.381. The van der Waals surface area contributed by atoms with E-state index in [9.17, 15) is 9.59 Å². The molecule has 5 heteroatoms. The Hall–Kier alpha value is -3.60. The molecule has 3 aromatic rings. The predicted molar refractivity (Wildman–Crippen MR) is 94.3 cm³/mol. The number of carbonyl (C=O) groups excluding carboxylic acids is 2. The van der Waals surface area contributed by atoms with Gasteiger partial charge in [0.15, 0.2) is 5.82 Å². The molecular weight excluding hydrogens is 314 g/mol. The van der Waals surface area contributed by atoms with E-state index in [0.29, 0.717) is 28.1 Å². The van der Waals surface area contributed by atoms with Crippen LogP contribution in [0.4, 0.5) is 0 Å². The molecule has 25 heavy (non-hydrogen) atoms. The van der Waals surface area contributed by atoms with Crippen molar-refractivity contribution in [2.45, 2.75) is 0 Å². The molecule has 0 atom stereocenters. The normalized spacial score (nSPS) is 15.0. The van der Waals surface area contributed by atoms with Crippen molar-refractivity contribution in [1.82, 2.24) is 15.3 Å². The molecule has 1 aromatic heterocycles. The van der Waals surface area contributed by atoms with Gasteiger partial charge >= 0.3 is 0 Å². The second-order valence-corrected chi connectivity index (χ2v) is 5.59. The molecule has 0 saturated heterocycles. The quantitative estimate of drug-likeness (QED) is 0.580. The van der Waals surface area contributed by atoms with Gasteiger partial charge in [-0.1, -0.05) is 48.5 Å². The Morgan fingerprint density at radius 3 is 2.12 bits per heavy atom. The molecule has 0 bridgehead atoms. The van der Waals surface area contributed by atoms with Crippen LogP contribution in [0.15, 0.2) is 67.0 Å². The number of aromatic nitrogens is 2. The van der Waals surface area contributed by atoms with Crippen molar-refractivity contribution in [1.29, 1.82) is 0 Å². The Balaban J connectivity index is 1.72. The number of hydrogen-bond donors (Lipinski definition) is 1. The first kappa shape index (κ1) is 15.0. The third-order valence-electron chi connectivity index (χ3n) is 3.95. The third kappa shape index (κ3) is 2.83. The van der Waals surface area contributed by atoms with E-state index in [2.05, 4.69) is 15.3 Å². The van der Waals surface area contributed by atoms with Gasteiger partial charge in [0.25, 0.3) is 11.8 Å². The fraction of sp³-hybridized carbons (Fsp3) is 0. The standard InChI is InChI=1S/C20H13N3O2/c24-19-16-9-5-4-8-15(16)17(20(25)23-19)10-13-11-21-18(22-12-13)14-6-2-1-3-7-14/h1-12H,(H,23,24,25). The van der Waals surface area contributed by atoms with Crippen molar-refractivity contribution in [3.05, 3.63) is 83.7 Å². The van der Waals surface area contributed by atoms with Crippen molar-refractivity contribution < 1.29 is 9.59 Å². The van der Waals surface area contributed by atoms with E-state index in [1.165, 1.54) is 0 Å². The monoisotopic (exact) mass is 327 g/mol. The highest BCUT2D eigenvalue weighted by molar-refractivity contribution is 6.33. The predicted octanol–water partition coefficient (Wildman–Crippen LogP) is 2.95. The van der Waals surface area contributed by atoms with Crippen LogP contribution in [0, 0.1) is 0 Å². The minimum Gasteiger partial charge on any atom is -0.288 e. The number of carbonyl (C=O) groups is 2. The van der Waals surface area contributed by atoms with E-state index in [-0.39, 0.29) is 5.91 Å². The maximum absolute atomic E-state index is 12.2. The van der Waals surface area contributed by atoms with Gasteiger partial charge in [0.2, 0.25) is 0 Å². The minimum atomic E-state index is -0.421. The summed E-state index contributed by atoms with van der Waals surface area (Å²) >= 11 is 0. The Bertz CT molecular complexity index is 993. The van der Waals surface area contributed by atoms with Crippen LogP contribution in [0.3, 0.4) is 0 Å².